The van der Waals surface area contributed by atoms with Gasteiger partial charge in [-0.2, -0.15) is 0 Å². The molecule has 2 aliphatic rings. The van der Waals surface area contributed by atoms with Crippen LogP contribution in [0.1, 0.15) is 18.1 Å². The maximum Gasteiger partial charge on any atom is 0.325 e. The van der Waals surface area contributed by atoms with Gasteiger partial charge in [0.25, 0.3) is 0 Å². The van der Waals surface area contributed by atoms with Crippen molar-refractivity contribution in [3.63, 3.8) is 0 Å². The van der Waals surface area contributed by atoms with E-state index in [9.17, 15) is 18.0 Å². The Morgan fingerprint density at radius 3 is 2.47 bits per heavy atom. The summed E-state index contributed by atoms with van der Waals surface area (Å²) >= 11 is 0. The van der Waals surface area contributed by atoms with Gasteiger partial charge in [0.1, 0.15) is 6.54 Å². The first-order chi connectivity index (χ1) is 14.3. The Hall–Kier alpha value is -2.87. The molecule has 0 radical (unpaired) electrons. The lowest BCUT2D eigenvalue weighted by atomic mass is 10.1. The van der Waals surface area contributed by atoms with E-state index in [2.05, 4.69) is 5.32 Å². The summed E-state index contributed by atoms with van der Waals surface area (Å²) in [6, 6.07) is 13.6. The molecule has 0 bridgehead atoms. The first kappa shape index (κ1) is 20.4. The number of aryl methyl sites for hydroxylation is 2. The van der Waals surface area contributed by atoms with Gasteiger partial charge in [-0.1, -0.05) is 31.2 Å². The number of nitrogens with zero attached hydrogens (tertiary/aromatic N) is 2. The zero-order chi connectivity index (χ0) is 21.5. The van der Waals surface area contributed by atoms with Crippen LogP contribution in [0.15, 0.2) is 48.5 Å². The van der Waals surface area contributed by atoms with Crippen molar-refractivity contribution in [3.8, 4) is 0 Å². The number of carbonyl (C=O) groups is 2. The molecule has 0 saturated carbocycles. The van der Waals surface area contributed by atoms with Crippen LogP contribution in [-0.2, 0) is 21.1 Å². The second kappa shape index (κ2) is 7.75. The molecule has 2 aromatic rings. The lowest BCUT2D eigenvalue weighted by Gasteiger charge is -2.22. The second-order valence-electron chi connectivity index (χ2n) is 7.93. The van der Waals surface area contributed by atoms with Gasteiger partial charge in [0.05, 0.1) is 23.6 Å². The van der Waals surface area contributed by atoms with Gasteiger partial charge < -0.3 is 10.2 Å². The molecule has 7 nitrogen and oxygen atoms in total. The number of anilines is 2. The Balaban J connectivity index is 1.57. The van der Waals surface area contributed by atoms with Crippen molar-refractivity contribution in [1.29, 1.82) is 0 Å². The average molecular weight is 428 g/mol. The number of benzene rings is 2. The molecule has 0 unspecified atom stereocenters. The molecule has 30 heavy (non-hydrogen) atoms. The number of sulfone groups is 1. The van der Waals surface area contributed by atoms with Gasteiger partial charge in [0.15, 0.2) is 9.84 Å². The molecular weight excluding hydrogens is 402 g/mol. The molecule has 0 aromatic heterocycles. The molecule has 0 aliphatic carbocycles. The molecule has 2 heterocycles. The standard InChI is InChI=1S/C22H25N3O4S/c1-3-16-7-9-18(10-8-16)25-20-14-30(28,29)13-19(20)24(22(25)27)12-21(26)23-17-6-4-5-15(2)11-17/h4-11,19-20H,3,12-14H2,1-2H3,(H,23,26)/t19-,20-/m0/s1. The van der Waals surface area contributed by atoms with Crippen LogP contribution < -0.4 is 10.2 Å². The Bertz CT molecular complexity index is 1080. The number of carbonyl (C=O) groups excluding carboxylic acids is 2. The molecule has 8 heteroatoms. The molecule has 2 saturated heterocycles. The highest BCUT2D eigenvalue weighted by molar-refractivity contribution is 7.91. The quantitative estimate of drug-likeness (QED) is 0.743. The van der Waals surface area contributed by atoms with Crippen molar-refractivity contribution in [2.45, 2.75) is 32.4 Å². The number of rotatable bonds is 5. The van der Waals surface area contributed by atoms with E-state index in [1.807, 2.05) is 56.3 Å². The minimum Gasteiger partial charge on any atom is -0.325 e. The van der Waals surface area contributed by atoms with Crippen molar-refractivity contribution in [2.24, 2.45) is 0 Å². The molecule has 2 aromatic carbocycles. The highest BCUT2D eigenvalue weighted by atomic mass is 32.2. The molecule has 0 spiro atoms. The summed E-state index contributed by atoms with van der Waals surface area (Å²) in [5.41, 5.74) is 3.45. The van der Waals surface area contributed by atoms with Crippen LogP contribution >= 0.6 is 0 Å². The molecule has 3 amide bonds. The first-order valence-electron chi connectivity index (χ1n) is 10.0. The minimum absolute atomic E-state index is 0.0884. The fourth-order valence-corrected chi connectivity index (χ4v) is 6.18. The SMILES string of the molecule is CCc1ccc(N2C(=O)N(CC(=O)Nc3cccc(C)c3)[C@H]3CS(=O)(=O)C[C@@H]32)cc1. The molecule has 2 fully saturated rings. The maximum atomic E-state index is 13.2. The fraction of sp³-hybridized carbons (Fsp3) is 0.364. The first-order valence-corrected chi connectivity index (χ1v) is 11.9. The summed E-state index contributed by atoms with van der Waals surface area (Å²) in [5.74, 6) is -0.556. The van der Waals surface area contributed by atoms with Crippen LogP contribution in [0.2, 0.25) is 0 Å². The number of hydrogen-bond acceptors (Lipinski definition) is 4. The summed E-state index contributed by atoms with van der Waals surface area (Å²) in [4.78, 5) is 28.8. The van der Waals surface area contributed by atoms with Crippen LogP contribution in [-0.4, -0.2) is 55.4 Å². The van der Waals surface area contributed by atoms with Crippen LogP contribution in [0.3, 0.4) is 0 Å². The summed E-state index contributed by atoms with van der Waals surface area (Å²) in [7, 11) is -3.28. The number of hydrogen-bond donors (Lipinski definition) is 1. The average Bonchev–Trinajstić information content (AvgIpc) is 3.12. The maximum absolute atomic E-state index is 13.2. The van der Waals surface area contributed by atoms with E-state index in [0.29, 0.717) is 11.4 Å². The second-order valence-corrected chi connectivity index (χ2v) is 10.1. The number of fused-ring (bicyclic) bond motifs is 1. The lowest BCUT2D eigenvalue weighted by molar-refractivity contribution is -0.116. The van der Waals surface area contributed by atoms with E-state index in [1.54, 1.807) is 6.07 Å². The Morgan fingerprint density at radius 1 is 1.10 bits per heavy atom. The topological polar surface area (TPSA) is 86.8 Å². The van der Waals surface area contributed by atoms with Gasteiger partial charge in [-0.15, -0.1) is 0 Å². The summed E-state index contributed by atoms with van der Waals surface area (Å²) in [6.07, 6.45) is 0.875. The van der Waals surface area contributed by atoms with Gasteiger partial charge >= 0.3 is 6.03 Å². The molecule has 2 aliphatic heterocycles. The van der Waals surface area contributed by atoms with Crippen molar-refractivity contribution in [2.75, 3.05) is 28.3 Å². The normalized spacial score (nSPS) is 22.3. The summed E-state index contributed by atoms with van der Waals surface area (Å²) < 4.78 is 24.6. The van der Waals surface area contributed by atoms with Crippen molar-refractivity contribution in [3.05, 3.63) is 59.7 Å². The van der Waals surface area contributed by atoms with Crippen molar-refractivity contribution >= 4 is 33.2 Å². The molecule has 1 N–H and O–H groups in total. The predicted molar refractivity (Wildman–Crippen MR) is 116 cm³/mol. The van der Waals surface area contributed by atoms with Gasteiger partial charge in [0, 0.05) is 11.4 Å². The summed E-state index contributed by atoms with van der Waals surface area (Å²) in [6.45, 7) is 3.78. The van der Waals surface area contributed by atoms with E-state index in [0.717, 1.165) is 17.5 Å². The molecular formula is C22H25N3O4S. The van der Waals surface area contributed by atoms with E-state index in [1.165, 1.54) is 9.80 Å². The number of urea groups is 1. The monoisotopic (exact) mass is 427 g/mol. The Morgan fingerprint density at radius 2 is 1.80 bits per heavy atom. The van der Waals surface area contributed by atoms with Crippen LogP contribution in [0.4, 0.5) is 16.2 Å². The van der Waals surface area contributed by atoms with E-state index in [4.69, 9.17) is 0 Å². The third kappa shape index (κ3) is 3.92. The zero-order valence-electron chi connectivity index (χ0n) is 17.0. The van der Waals surface area contributed by atoms with Gasteiger partial charge in [-0.3, -0.25) is 9.69 Å². The van der Waals surface area contributed by atoms with Crippen molar-refractivity contribution < 1.29 is 18.0 Å². The van der Waals surface area contributed by atoms with Gasteiger partial charge in [0.2, 0.25) is 5.91 Å². The Kier molecular flexibility index (Phi) is 5.27. The van der Waals surface area contributed by atoms with Gasteiger partial charge in [-0.05, 0) is 48.7 Å². The van der Waals surface area contributed by atoms with Crippen LogP contribution in [0, 0.1) is 6.92 Å². The smallest absolute Gasteiger partial charge is 0.325 e. The van der Waals surface area contributed by atoms with Crippen LogP contribution in [0.25, 0.3) is 0 Å². The molecule has 4 rings (SSSR count). The molecule has 158 valence electrons. The lowest BCUT2D eigenvalue weighted by Crippen LogP contribution is -2.42. The van der Waals surface area contributed by atoms with E-state index >= 15 is 0 Å². The molecule has 2 atom stereocenters. The minimum atomic E-state index is -3.28. The Labute approximate surface area is 176 Å². The van der Waals surface area contributed by atoms with Crippen LogP contribution in [0.5, 0.6) is 0 Å². The third-order valence-electron chi connectivity index (χ3n) is 5.72. The predicted octanol–water partition coefficient (Wildman–Crippen LogP) is 2.60. The number of nitrogens with one attached hydrogen (secondary N) is 1. The largest absolute Gasteiger partial charge is 0.325 e. The number of amides is 3. The van der Waals surface area contributed by atoms with E-state index in [-0.39, 0.29) is 30.0 Å². The van der Waals surface area contributed by atoms with E-state index < -0.39 is 21.9 Å². The van der Waals surface area contributed by atoms with Crippen molar-refractivity contribution in [1.82, 2.24) is 4.90 Å². The zero-order valence-corrected chi connectivity index (χ0v) is 17.9. The fourth-order valence-electron chi connectivity index (χ4n) is 4.23. The highest BCUT2D eigenvalue weighted by Crippen LogP contribution is 2.35. The van der Waals surface area contributed by atoms with Gasteiger partial charge in [-0.25, -0.2) is 13.2 Å². The highest BCUT2D eigenvalue weighted by Gasteiger charge is 2.54. The summed E-state index contributed by atoms with van der Waals surface area (Å²) in [5, 5.41) is 2.80. The third-order valence-corrected chi connectivity index (χ3v) is 7.41.